The molecule has 0 aliphatic heterocycles. The Labute approximate surface area is 208 Å². The van der Waals surface area contributed by atoms with E-state index < -0.39 is 0 Å². The average Bonchev–Trinajstić information content (AvgIpc) is 3.11. The highest BCUT2D eigenvalue weighted by atomic mass is 16.2. The van der Waals surface area contributed by atoms with Gasteiger partial charge in [0.05, 0.1) is 11.0 Å². The number of benzene rings is 1. The zero-order valence-corrected chi connectivity index (χ0v) is 22.0. The summed E-state index contributed by atoms with van der Waals surface area (Å²) in [4.78, 5) is 42.4. The number of nitrogens with one attached hydrogen (secondary N) is 1. The Kier molecular flexibility index (Phi) is 9.30. The molecule has 1 aliphatic carbocycles. The van der Waals surface area contributed by atoms with Crippen molar-refractivity contribution in [2.45, 2.75) is 60.4 Å². The van der Waals surface area contributed by atoms with Gasteiger partial charge in [-0.05, 0) is 61.9 Å². The van der Waals surface area contributed by atoms with Gasteiger partial charge in [0.25, 0.3) is 5.91 Å². The van der Waals surface area contributed by atoms with Crippen molar-refractivity contribution in [1.29, 1.82) is 0 Å². The molecule has 3 unspecified atom stereocenters. The van der Waals surface area contributed by atoms with Gasteiger partial charge in [0, 0.05) is 37.7 Å². The largest absolute Gasteiger partial charge is 0.351 e. The van der Waals surface area contributed by atoms with Crippen LogP contribution >= 0.6 is 0 Å². The van der Waals surface area contributed by atoms with E-state index in [1.165, 1.54) is 9.13 Å². The summed E-state index contributed by atoms with van der Waals surface area (Å²) in [5.41, 5.74) is 7.04. The lowest BCUT2D eigenvalue weighted by Crippen LogP contribution is -2.40. The van der Waals surface area contributed by atoms with Crippen LogP contribution in [0.15, 0.2) is 23.0 Å². The molecule has 0 spiro atoms. The minimum atomic E-state index is -0.365. The Morgan fingerprint density at radius 2 is 1.89 bits per heavy atom. The highest BCUT2D eigenvalue weighted by Gasteiger charge is 2.37. The van der Waals surface area contributed by atoms with E-state index in [0.717, 1.165) is 38.9 Å². The summed E-state index contributed by atoms with van der Waals surface area (Å²) < 4.78 is 2.88. The fourth-order valence-electron chi connectivity index (χ4n) is 5.58. The monoisotopic (exact) mass is 485 g/mol. The number of amides is 1. The van der Waals surface area contributed by atoms with Crippen molar-refractivity contribution in [1.82, 2.24) is 19.4 Å². The van der Waals surface area contributed by atoms with Gasteiger partial charge in [-0.1, -0.05) is 41.0 Å². The molecule has 194 valence electrons. The van der Waals surface area contributed by atoms with Gasteiger partial charge in [-0.25, -0.2) is 9.36 Å². The molecule has 0 saturated heterocycles. The second kappa shape index (κ2) is 12.0. The molecule has 8 heteroatoms. The van der Waals surface area contributed by atoms with Crippen LogP contribution in [0.5, 0.6) is 0 Å². The highest BCUT2D eigenvalue weighted by Crippen LogP contribution is 2.39. The van der Waals surface area contributed by atoms with Gasteiger partial charge in [0.1, 0.15) is 0 Å². The van der Waals surface area contributed by atoms with Crippen LogP contribution in [-0.4, -0.2) is 58.6 Å². The fourth-order valence-corrected chi connectivity index (χ4v) is 5.58. The quantitative estimate of drug-likeness (QED) is 0.538. The van der Waals surface area contributed by atoms with Crippen LogP contribution in [0.3, 0.4) is 0 Å². The van der Waals surface area contributed by atoms with Gasteiger partial charge < -0.3 is 16.0 Å². The second-order valence-corrected chi connectivity index (χ2v) is 10.3. The number of nitrogens with zero attached hydrogens (tertiary/aromatic N) is 3. The van der Waals surface area contributed by atoms with Crippen LogP contribution in [0.4, 0.5) is 0 Å². The SMILES string of the molecule is CCN(CC)CCNC(=O)c1ccc2c(c1)n(CCN)c(=O)n2C(=O)C1CC(C)CCC1C(C)C. The first-order valence-electron chi connectivity index (χ1n) is 13.2. The summed E-state index contributed by atoms with van der Waals surface area (Å²) in [5.74, 6) is 0.587. The van der Waals surface area contributed by atoms with Crippen LogP contribution in [0, 0.1) is 23.7 Å². The topological polar surface area (TPSA) is 102 Å². The van der Waals surface area contributed by atoms with Crippen molar-refractivity contribution in [2.75, 3.05) is 32.7 Å². The van der Waals surface area contributed by atoms with Crippen LogP contribution in [0.25, 0.3) is 11.0 Å². The lowest BCUT2D eigenvalue weighted by molar-refractivity contribution is 0.0633. The molecule has 0 bridgehead atoms. The maximum Gasteiger partial charge on any atom is 0.336 e. The first kappa shape index (κ1) is 27.1. The number of likely N-dealkylation sites (N-methyl/N-ethyl adjacent to an activating group) is 1. The summed E-state index contributed by atoms with van der Waals surface area (Å²) >= 11 is 0. The molecule has 1 amide bonds. The third-order valence-corrected chi connectivity index (χ3v) is 7.71. The van der Waals surface area contributed by atoms with Crippen LogP contribution < -0.4 is 16.7 Å². The van der Waals surface area contributed by atoms with E-state index in [-0.39, 0.29) is 42.4 Å². The molecular weight excluding hydrogens is 442 g/mol. The smallest absolute Gasteiger partial charge is 0.336 e. The first-order valence-corrected chi connectivity index (χ1v) is 13.2. The number of nitrogens with two attached hydrogens (primary N) is 1. The summed E-state index contributed by atoms with van der Waals surface area (Å²) in [5, 5.41) is 2.97. The Balaban J connectivity index is 1.95. The fraction of sp³-hybridized carbons (Fsp3) is 0.667. The number of carbonyl (C=O) groups excluding carboxylic acids is 2. The molecule has 1 aromatic carbocycles. The summed E-state index contributed by atoms with van der Waals surface area (Å²) in [7, 11) is 0. The van der Waals surface area contributed by atoms with Crippen LogP contribution in [0.1, 0.15) is 69.0 Å². The number of aromatic nitrogens is 2. The number of rotatable bonds is 10. The van der Waals surface area contributed by atoms with Crippen LogP contribution in [0.2, 0.25) is 0 Å². The predicted octanol–water partition coefficient (Wildman–Crippen LogP) is 3.18. The maximum atomic E-state index is 13.8. The Morgan fingerprint density at radius 1 is 1.17 bits per heavy atom. The third-order valence-electron chi connectivity index (χ3n) is 7.71. The number of hydrogen-bond donors (Lipinski definition) is 2. The van der Waals surface area contributed by atoms with Crippen molar-refractivity contribution in [2.24, 2.45) is 29.4 Å². The van der Waals surface area contributed by atoms with Crippen molar-refractivity contribution < 1.29 is 9.59 Å². The van der Waals surface area contributed by atoms with Crippen molar-refractivity contribution in [3.8, 4) is 0 Å². The normalized spacial score (nSPS) is 20.6. The van der Waals surface area contributed by atoms with E-state index >= 15 is 0 Å². The van der Waals surface area contributed by atoms with Crippen LogP contribution in [-0.2, 0) is 6.54 Å². The van der Waals surface area contributed by atoms with Crippen molar-refractivity contribution in [3.63, 3.8) is 0 Å². The van der Waals surface area contributed by atoms with Gasteiger partial charge in [-0.15, -0.1) is 0 Å². The third kappa shape index (κ3) is 5.86. The first-order chi connectivity index (χ1) is 16.7. The number of fused-ring (bicyclic) bond motifs is 1. The van der Waals surface area contributed by atoms with E-state index in [0.29, 0.717) is 35.0 Å². The molecule has 1 saturated carbocycles. The summed E-state index contributed by atoms with van der Waals surface area (Å²) in [6.45, 7) is 14.4. The maximum absolute atomic E-state index is 13.8. The molecule has 1 aromatic heterocycles. The predicted molar refractivity (Wildman–Crippen MR) is 141 cm³/mol. The lowest BCUT2D eigenvalue weighted by Gasteiger charge is -2.36. The van der Waals surface area contributed by atoms with Gasteiger partial charge in [0.2, 0.25) is 5.91 Å². The second-order valence-electron chi connectivity index (χ2n) is 10.3. The van der Waals surface area contributed by atoms with Crippen molar-refractivity contribution >= 4 is 22.8 Å². The van der Waals surface area contributed by atoms with E-state index in [1.54, 1.807) is 18.2 Å². The average molecular weight is 486 g/mol. The highest BCUT2D eigenvalue weighted by molar-refractivity contribution is 5.99. The standard InChI is InChI=1S/C27H43N5O3/c1-6-30(7-2)15-13-29-25(33)20-9-11-23-24(17-20)31(14-12-28)27(35)32(23)26(34)22-16-19(5)8-10-21(22)18(3)4/h9,11,17-19,21-22H,6-8,10,12-16,28H2,1-5H3,(H,29,33). The molecule has 8 nitrogen and oxygen atoms in total. The zero-order chi connectivity index (χ0) is 25.7. The van der Waals surface area contributed by atoms with Gasteiger partial charge >= 0.3 is 5.69 Å². The Bertz CT molecular complexity index is 1080. The minimum Gasteiger partial charge on any atom is -0.351 e. The van der Waals surface area contributed by atoms with E-state index in [9.17, 15) is 14.4 Å². The molecule has 1 aliphatic rings. The van der Waals surface area contributed by atoms with Crippen molar-refractivity contribution in [3.05, 3.63) is 34.2 Å². The Hall–Kier alpha value is -2.45. The Morgan fingerprint density at radius 3 is 2.51 bits per heavy atom. The molecule has 35 heavy (non-hydrogen) atoms. The molecule has 0 radical (unpaired) electrons. The number of carbonyl (C=O) groups is 2. The molecule has 2 aromatic rings. The van der Waals surface area contributed by atoms with Gasteiger partial charge in [-0.2, -0.15) is 0 Å². The van der Waals surface area contributed by atoms with E-state index in [4.69, 9.17) is 5.73 Å². The minimum absolute atomic E-state index is 0.127. The summed E-state index contributed by atoms with van der Waals surface area (Å²) in [6, 6.07) is 5.15. The number of imidazole rings is 1. The van der Waals surface area contributed by atoms with E-state index in [2.05, 4.69) is 44.8 Å². The number of hydrogen-bond acceptors (Lipinski definition) is 5. The molecule has 1 heterocycles. The molecule has 3 atom stereocenters. The molecular formula is C27H43N5O3. The lowest BCUT2D eigenvalue weighted by atomic mass is 9.69. The van der Waals surface area contributed by atoms with E-state index in [1.807, 2.05) is 0 Å². The van der Waals surface area contributed by atoms with Gasteiger partial charge in [0.15, 0.2) is 0 Å². The van der Waals surface area contributed by atoms with Gasteiger partial charge in [-0.3, -0.25) is 14.2 Å². The molecule has 3 N–H and O–H groups in total. The molecule has 3 rings (SSSR count). The molecule has 1 fully saturated rings. The summed E-state index contributed by atoms with van der Waals surface area (Å²) in [6.07, 6.45) is 2.91. The zero-order valence-electron chi connectivity index (χ0n) is 22.0.